The Morgan fingerprint density at radius 2 is 1.90 bits per heavy atom. The third kappa shape index (κ3) is 4.19. The van der Waals surface area contributed by atoms with Crippen LogP contribution in [0.25, 0.3) is 17.1 Å². The zero-order valence-electron chi connectivity index (χ0n) is 15.8. The van der Waals surface area contributed by atoms with E-state index in [1.54, 1.807) is 12.4 Å². The van der Waals surface area contributed by atoms with Crippen LogP contribution in [0, 0.1) is 13.8 Å². The highest BCUT2D eigenvalue weighted by Crippen LogP contribution is 2.30. The topological polar surface area (TPSA) is 60.7 Å². The smallest absolute Gasteiger partial charge is 0.196 e. The minimum absolute atomic E-state index is 0.0666. The predicted molar refractivity (Wildman–Crippen MR) is 121 cm³/mol. The normalized spacial score (nSPS) is 11.0. The van der Waals surface area contributed by atoms with Crippen molar-refractivity contribution in [2.45, 2.75) is 19.0 Å². The van der Waals surface area contributed by atoms with E-state index in [9.17, 15) is 4.79 Å². The molecule has 0 saturated heterocycles. The Morgan fingerprint density at radius 3 is 2.59 bits per heavy atom. The van der Waals surface area contributed by atoms with Crippen molar-refractivity contribution in [3.05, 3.63) is 74.6 Å². The first-order chi connectivity index (χ1) is 14.0. The van der Waals surface area contributed by atoms with E-state index in [1.807, 2.05) is 28.1 Å². The van der Waals surface area contributed by atoms with Crippen LogP contribution in [0.4, 0.5) is 0 Å². The Labute approximate surface area is 185 Å². The molecule has 0 saturated carbocycles. The third-order valence-corrected chi connectivity index (χ3v) is 7.33. The lowest BCUT2D eigenvalue weighted by Gasteiger charge is -2.12. The number of aryl methyl sites for hydroxylation is 2. The van der Waals surface area contributed by atoms with E-state index in [-0.39, 0.29) is 5.78 Å². The van der Waals surface area contributed by atoms with Crippen molar-refractivity contribution in [1.29, 1.82) is 0 Å². The van der Waals surface area contributed by atoms with Crippen LogP contribution >= 0.6 is 39.0 Å². The molecule has 0 N–H and O–H groups in total. The highest BCUT2D eigenvalue weighted by molar-refractivity contribution is 9.10. The zero-order chi connectivity index (χ0) is 20.4. The molecule has 0 amide bonds. The number of benzene rings is 1. The van der Waals surface area contributed by atoms with Gasteiger partial charge >= 0.3 is 0 Å². The first-order valence-corrected chi connectivity index (χ1v) is 11.5. The summed E-state index contributed by atoms with van der Waals surface area (Å²) in [5.41, 5.74) is 4.30. The van der Waals surface area contributed by atoms with Gasteiger partial charge in [0.15, 0.2) is 16.8 Å². The fourth-order valence-electron chi connectivity index (χ4n) is 2.84. The van der Waals surface area contributed by atoms with Gasteiger partial charge in [0.05, 0.1) is 16.3 Å². The van der Waals surface area contributed by atoms with Gasteiger partial charge in [-0.2, -0.15) is 0 Å². The molecule has 4 rings (SSSR count). The highest BCUT2D eigenvalue weighted by atomic mass is 79.9. The summed E-state index contributed by atoms with van der Waals surface area (Å²) in [4.78, 5) is 17.4. The SMILES string of the molecule is Cc1ccc(-n2c(SCC(=O)c3sccc3Br)nnc2-c2ccncc2)cc1C. The lowest BCUT2D eigenvalue weighted by atomic mass is 10.1. The van der Waals surface area contributed by atoms with E-state index in [0.717, 1.165) is 26.4 Å². The van der Waals surface area contributed by atoms with Crippen molar-refractivity contribution in [2.75, 3.05) is 5.75 Å². The molecular formula is C21H17BrN4OS2. The molecular weight excluding hydrogens is 468 g/mol. The molecule has 8 heteroatoms. The molecule has 0 fully saturated rings. The molecule has 5 nitrogen and oxygen atoms in total. The van der Waals surface area contributed by atoms with Crippen LogP contribution in [0.2, 0.25) is 0 Å². The van der Waals surface area contributed by atoms with Crippen LogP contribution < -0.4 is 0 Å². The fourth-order valence-corrected chi connectivity index (χ4v) is 5.29. The number of hydrogen-bond acceptors (Lipinski definition) is 6. The van der Waals surface area contributed by atoms with Crippen LogP contribution in [-0.2, 0) is 0 Å². The van der Waals surface area contributed by atoms with Gasteiger partial charge in [-0.3, -0.25) is 14.3 Å². The van der Waals surface area contributed by atoms with Gasteiger partial charge in [-0.15, -0.1) is 21.5 Å². The van der Waals surface area contributed by atoms with Crippen molar-refractivity contribution >= 4 is 44.8 Å². The minimum atomic E-state index is 0.0666. The van der Waals surface area contributed by atoms with Crippen LogP contribution in [0.1, 0.15) is 20.8 Å². The molecule has 0 spiro atoms. The number of thioether (sulfide) groups is 1. The third-order valence-electron chi connectivity index (χ3n) is 4.52. The van der Waals surface area contributed by atoms with Gasteiger partial charge < -0.3 is 0 Å². The summed E-state index contributed by atoms with van der Waals surface area (Å²) in [6.45, 7) is 4.17. The maximum Gasteiger partial charge on any atom is 0.196 e. The van der Waals surface area contributed by atoms with Crippen LogP contribution in [0.5, 0.6) is 0 Å². The summed E-state index contributed by atoms with van der Waals surface area (Å²) in [5, 5.41) is 11.4. The highest BCUT2D eigenvalue weighted by Gasteiger charge is 2.19. The van der Waals surface area contributed by atoms with Crippen molar-refractivity contribution in [3.63, 3.8) is 0 Å². The first-order valence-electron chi connectivity index (χ1n) is 8.87. The summed E-state index contributed by atoms with van der Waals surface area (Å²) in [6.07, 6.45) is 3.47. The number of Topliss-reactive ketones (excluding diaryl/α,β-unsaturated/α-hetero) is 1. The largest absolute Gasteiger partial charge is 0.292 e. The van der Waals surface area contributed by atoms with Crippen LogP contribution in [0.15, 0.2) is 63.8 Å². The van der Waals surface area contributed by atoms with E-state index in [4.69, 9.17) is 0 Å². The standard InChI is InChI=1S/C21H17BrN4OS2/c1-13-3-4-16(11-14(13)2)26-20(15-5-8-23-9-6-15)24-25-21(26)29-12-18(27)19-17(22)7-10-28-19/h3-11H,12H2,1-2H3. The van der Waals surface area contributed by atoms with E-state index in [2.05, 4.69) is 63.2 Å². The minimum Gasteiger partial charge on any atom is -0.292 e. The maximum atomic E-state index is 12.6. The Hall–Kier alpha value is -2.29. The number of halogens is 1. The quantitative estimate of drug-likeness (QED) is 0.257. The molecule has 4 aromatic rings. The average molecular weight is 485 g/mol. The average Bonchev–Trinajstić information content (AvgIpc) is 3.35. The molecule has 0 aliphatic heterocycles. The first kappa shape index (κ1) is 20.0. The maximum absolute atomic E-state index is 12.6. The second-order valence-corrected chi connectivity index (χ2v) is 9.17. The Kier molecular flexibility index (Phi) is 5.94. The summed E-state index contributed by atoms with van der Waals surface area (Å²) in [5.74, 6) is 1.08. The molecule has 0 atom stereocenters. The van der Waals surface area contributed by atoms with E-state index >= 15 is 0 Å². The van der Waals surface area contributed by atoms with Crippen molar-refractivity contribution < 1.29 is 4.79 Å². The van der Waals surface area contributed by atoms with Crippen molar-refractivity contribution in [2.24, 2.45) is 0 Å². The van der Waals surface area contributed by atoms with Crippen molar-refractivity contribution in [1.82, 2.24) is 19.7 Å². The molecule has 146 valence electrons. The van der Waals surface area contributed by atoms with Gasteiger partial charge in [0.1, 0.15) is 0 Å². The van der Waals surface area contributed by atoms with Gasteiger partial charge in [0.25, 0.3) is 0 Å². The number of pyridine rings is 1. The monoisotopic (exact) mass is 484 g/mol. The Morgan fingerprint density at radius 1 is 1.10 bits per heavy atom. The second kappa shape index (κ2) is 8.61. The lowest BCUT2D eigenvalue weighted by molar-refractivity contribution is 0.102. The zero-order valence-corrected chi connectivity index (χ0v) is 19.0. The Bertz CT molecular complexity index is 1170. The number of nitrogens with zero attached hydrogens (tertiary/aromatic N) is 4. The van der Waals surface area contributed by atoms with Gasteiger partial charge in [0, 0.05) is 22.4 Å². The molecule has 0 aliphatic carbocycles. The number of hydrogen-bond donors (Lipinski definition) is 0. The lowest BCUT2D eigenvalue weighted by Crippen LogP contribution is -2.04. The summed E-state index contributed by atoms with van der Waals surface area (Å²) in [6, 6.07) is 12.0. The summed E-state index contributed by atoms with van der Waals surface area (Å²) in [7, 11) is 0. The van der Waals surface area contributed by atoms with Crippen LogP contribution in [0.3, 0.4) is 0 Å². The van der Waals surface area contributed by atoms with Crippen LogP contribution in [-0.4, -0.2) is 31.3 Å². The van der Waals surface area contributed by atoms with Gasteiger partial charge in [0.2, 0.25) is 0 Å². The molecule has 0 bridgehead atoms. The van der Waals surface area contributed by atoms with Crippen molar-refractivity contribution in [3.8, 4) is 17.1 Å². The second-order valence-electron chi connectivity index (χ2n) is 6.46. The molecule has 3 heterocycles. The number of aromatic nitrogens is 4. The Balaban J connectivity index is 1.72. The molecule has 0 radical (unpaired) electrons. The fraction of sp³-hybridized carbons (Fsp3) is 0.143. The van der Waals surface area contributed by atoms with Gasteiger partial charge in [-0.05, 0) is 76.6 Å². The predicted octanol–water partition coefficient (Wildman–Crippen LogP) is 5.75. The molecule has 0 unspecified atom stereocenters. The van der Waals surface area contributed by atoms with Gasteiger partial charge in [-0.1, -0.05) is 17.8 Å². The summed E-state index contributed by atoms with van der Waals surface area (Å²) < 4.78 is 2.84. The number of carbonyl (C=O) groups is 1. The molecule has 1 aromatic carbocycles. The van der Waals surface area contributed by atoms with E-state index in [0.29, 0.717) is 10.9 Å². The van der Waals surface area contributed by atoms with E-state index in [1.165, 1.54) is 34.2 Å². The van der Waals surface area contributed by atoms with E-state index < -0.39 is 0 Å². The molecule has 0 aliphatic rings. The number of rotatable bonds is 6. The number of thiophene rings is 1. The van der Waals surface area contributed by atoms with Gasteiger partial charge in [-0.25, -0.2) is 0 Å². The summed E-state index contributed by atoms with van der Waals surface area (Å²) >= 11 is 6.27. The molecule has 3 aromatic heterocycles. The molecule has 29 heavy (non-hydrogen) atoms. The number of carbonyl (C=O) groups excluding carboxylic acids is 1. The number of ketones is 1.